The van der Waals surface area contributed by atoms with E-state index in [1.165, 1.54) is 20.4 Å². The van der Waals surface area contributed by atoms with Crippen LogP contribution in [0.1, 0.15) is 37.4 Å². The lowest BCUT2D eigenvalue weighted by molar-refractivity contribution is -0.139. The smallest absolute Gasteiger partial charge is 0.346 e. The fraction of sp³-hybridized carbons (Fsp3) is 0.240. The third-order valence-electron chi connectivity index (χ3n) is 5.51. The molecule has 0 radical (unpaired) electrons. The maximum Gasteiger partial charge on any atom is 0.346 e. The largest absolute Gasteiger partial charge is 0.496 e. The number of aliphatic carboxylic acids is 1. The number of benzene rings is 2. The van der Waals surface area contributed by atoms with Gasteiger partial charge in [-0.15, -0.1) is 0 Å². The van der Waals surface area contributed by atoms with Crippen molar-refractivity contribution in [3.63, 3.8) is 0 Å². The van der Waals surface area contributed by atoms with Gasteiger partial charge in [0, 0.05) is 23.7 Å². The second-order valence-corrected chi connectivity index (χ2v) is 7.91. The van der Waals surface area contributed by atoms with E-state index in [0.717, 1.165) is 0 Å². The summed E-state index contributed by atoms with van der Waals surface area (Å²) in [6.45, 7) is 3.51. The first-order valence-electron chi connectivity index (χ1n) is 10.9. The predicted octanol–water partition coefficient (Wildman–Crippen LogP) is 2.08. The highest BCUT2D eigenvalue weighted by Gasteiger charge is 2.26. The number of ether oxygens (including phenoxy) is 2. The van der Waals surface area contributed by atoms with Crippen LogP contribution in [0.15, 0.2) is 47.4 Å². The highest BCUT2D eigenvalue weighted by atomic mass is 16.5. The molecule has 0 spiro atoms. The number of aromatic amines is 1. The molecular weight excluding hydrogens is 468 g/mol. The molecule has 188 valence electrons. The van der Waals surface area contributed by atoms with E-state index in [1.54, 1.807) is 50.2 Å². The molecule has 4 N–H and O–H groups in total. The Morgan fingerprint density at radius 1 is 0.972 bits per heavy atom. The van der Waals surface area contributed by atoms with Gasteiger partial charge in [0.05, 0.1) is 14.2 Å². The van der Waals surface area contributed by atoms with Gasteiger partial charge in [0.2, 0.25) is 0 Å². The van der Waals surface area contributed by atoms with Crippen LogP contribution < -0.4 is 25.8 Å². The Morgan fingerprint density at radius 3 is 2.11 bits per heavy atom. The number of carboxylic acids is 1. The molecule has 1 atom stereocenters. The lowest BCUT2D eigenvalue weighted by Gasteiger charge is -2.18. The normalized spacial score (nSPS) is 11.3. The third-order valence-corrected chi connectivity index (χ3v) is 5.51. The number of rotatable bonds is 9. The number of amides is 2. The fourth-order valence-corrected chi connectivity index (χ4v) is 3.75. The van der Waals surface area contributed by atoms with E-state index in [2.05, 4.69) is 20.6 Å². The van der Waals surface area contributed by atoms with Crippen LogP contribution in [0.5, 0.6) is 11.5 Å². The molecule has 0 aliphatic rings. The van der Waals surface area contributed by atoms with Crippen LogP contribution in [-0.2, 0) is 11.2 Å². The zero-order valence-corrected chi connectivity index (χ0v) is 20.2. The van der Waals surface area contributed by atoms with Crippen molar-refractivity contribution in [2.24, 2.45) is 0 Å². The Kier molecular flexibility index (Phi) is 8.05. The third kappa shape index (κ3) is 5.69. The van der Waals surface area contributed by atoms with Gasteiger partial charge in [-0.05, 0) is 37.1 Å². The molecule has 0 aliphatic heterocycles. The molecule has 0 fully saturated rings. The second kappa shape index (κ2) is 11.2. The first-order valence-corrected chi connectivity index (χ1v) is 10.9. The number of H-pyrrole nitrogens is 1. The molecule has 0 bridgehead atoms. The Morgan fingerprint density at radius 2 is 1.56 bits per heavy atom. The minimum absolute atomic E-state index is 0.0636. The number of nitrogens with one attached hydrogen (secondary N) is 3. The molecule has 0 saturated heterocycles. The van der Waals surface area contributed by atoms with Crippen molar-refractivity contribution in [3.8, 4) is 11.5 Å². The highest BCUT2D eigenvalue weighted by Crippen LogP contribution is 2.29. The van der Waals surface area contributed by atoms with Crippen LogP contribution in [0.2, 0.25) is 0 Å². The minimum atomic E-state index is -1.37. The molecule has 0 aliphatic carbocycles. The van der Waals surface area contributed by atoms with Gasteiger partial charge in [0.1, 0.15) is 28.9 Å². The van der Waals surface area contributed by atoms with E-state index < -0.39 is 29.5 Å². The average Bonchev–Trinajstić information content (AvgIpc) is 2.84. The predicted molar refractivity (Wildman–Crippen MR) is 131 cm³/mol. The molecule has 1 unspecified atom stereocenters. The molecule has 1 aromatic heterocycles. The van der Waals surface area contributed by atoms with Crippen LogP contribution in [0.3, 0.4) is 0 Å². The molecular formula is C25H26N4O7. The summed E-state index contributed by atoms with van der Waals surface area (Å²) >= 11 is 0. The lowest BCUT2D eigenvalue weighted by Crippen LogP contribution is -2.43. The van der Waals surface area contributed by atoms with E-state index in [-0.39, 0.29) is 34.9 Å². The summed E-state index contributed by atoms with van der Waals surface area (Å²) in [5, 5.41) is 14.8. The van der Waals surface area contributed by atoms with E-state index in [1.807, 2.05) is 0 Å². The second-order valence-electron chi connectivity index (χ2n) is 7.91. The maximum absolute atomic E-state index is 13.1. The molecule has 11 heteroatoms. The van der Waals surface area contributed by atoms with Gasteiger partial charge >= 0.3 is 11.7 Å². The first-order chi connectivity index (χ1) is 17.2. The van der Waals surface area contributed by atoms with Gasteiger partial charge < -0.3 is 30.2 Å². The quantitative estimate of drug-likeness (QED) is 0.352. The summed E-state index contributed by atoms with van der Waals surface area (Å²) < 4.78 is 10.5. The standard InChI is InChI=1S/C25H26N4O7/c1-13-7-5-8-14(2)19(13)22(30)27-16(24(32)33)11-15-12-26-25(34)29-21(15)28-23(31)20-17(35-3)9-6-10-18(20)36-4/h5-10,12,16H,11H2,1-4H3,(H,27,30)(H,32,33)(H2,26,28,29,31,34). The summed E-state index contributed by atoms with van der Waals surface area (Å²) in [7, 11) is 2.78. The number of anilines is 1. The van der Waals surface area contributed by atoms with Crippen molar-refractivity contribution < 1.29 is 29.0 Å². The van der Waals surface area contributed by atoms with Crippen molar-refractivity contribution in [2.75, 3.05) is 19.5 Å². The summed E-state index contributed by atoms with van der Waals surface area (Å²) in [4.78, 5) is 56.1. The van der Waals surface area contributed by atoms with Gasteiger partial charge in [-0.25, -0.2) is 9.59 Å². The number of hydrogen-bond donors (Lipinski definition) is 4. The van der Waals surface area contributed by atoms with Crippen molar-refractivity contribution in [2.45, 2.75) is 26.3 Å². The van der Waals surface area contributed by atoms with Crippen molar-refractivity contribution in [1.82, 2.24) is 15.3 Å². The number of carbonyl (C=O) groups excluding carboxylic acids is 2. The number of carbonyl (C=O) groups is 3. The van der Waals surface area contributed by atoms with E-state index in [0.29, 0.717) is 16.7 Å². The number of aromatic nitrogens is 2. The van der Waals surface area contributed by atoms with E-state index >= 15 is 0 Å². The average molecular weight is 495 g/mol. The van der Waals surface area contributed by atoms with E-state index in [9.17, 15) is 24.3 Å². The highest BCUT2D eigenvalue weighted by molar-refractivity contribution is 6.08. The molecule has 3 rings (SSSR count). The summed E-state index contributed by atoms with van der Waals surface area (Å²) in [5.41, 5.74) is 1.26. The van der Waals surface area contributed by atoms with Crippen LogP contribution in [0.4, 0.5) is 5.82 Å². The van der Waals surface area contributed by atoms with E-state index in [4.69, 9.17) is 9.47 Å². The molecule has 2 aromatic carbocycles. The summed E-state index contributed by atoms with van der Waals surface area (Å²) in [6.07, 6.45) is 0.972. The molecule has 1 heterocycles. The summed E-state index contributed by atoms with van der Waals surface area (Å²) in [6, 6.07) is 8.70. The number of carboxylic acid groups (broad SMARTS) is 1. The number of aryl methyl sites for hydroxylation is 2. The lowest BCUT2D eigenvalue weighted by atomic mass is 10.0. The van der Waals surface area contributed by atoms with Crippen molar-refractivity contribution in [1.29, 1.82) is 0 Å². The molecule has 2 amide bonds. The molecule has 0 saturated carbocycles. The van der Waals surface area contributed by atoms with Crippen LogP contribution in [0, 0.1) is 13.8 Å². The fourth-order valence-electron chi connectivity index (χ4n) is 3.75. The Hall–Kier alpha value is -4.67. The van der Waals surface area contributed by atoms with Gasteiger partial charge in [-0.3, -0.25) is 9.59 Å². The first kappa shape index (κ1) is 25.9. The SMILES string of the molecule is COc1cccc(OC)c1C(=O)Nc1nc(=O)[nH]cc1CC(NC(=O)c1c(C)cccc1C)C(=O)O. The van der Waals surface area contributed by atoms with Crippen LogP contribution in [0.25, 0.3) is 0 Å². The van der Waals surface area contributed by atoms with Crippen molar-refractivity contribution in [3.05, 3.63) is 80.9 Å². The number of nitrogens with zero attached hydrogens (tertiary/aromatic N) is 1. The topological polar surface area (TPSA) is 160 Å². The monoisotopic (exact) mass is 494 g/mol. The Bertz CT molecular complexity index is 1320. The Balaban J connectivity index is 1.91. The summed E-state index contributed by atoms with van der Waals surface area (Å²) in [5.74, 6) is -2.26. The van der Waals surface area contributed by atoms with Gasteiger partial charge in [0.15, 0.2) is 0 Å². The van der Waals surface area contributed by atoms with Gasteiger partial charge in [-0.1, -0.05) is 24.3 Å². The molecule has 11 nitrogen and oxygen atoms in total. The van der Waals surface area contributed by atoms with Gasteiger partial charge in [-0.2, -0.15) is 4.98 Å². The van der Waals surface area contributed by atoms with Crippen LogP contribution in [-0.4, -0.2) is 53.1 Å². The van der Waals surface area contributed by atoms with Crippen molar-refractivity contribution >= 4 is 23.6 Å². The Labute approximate surface area is 206 Å². The maximum atomic E-state index is 13.1. The zero-order valence-electron chi connectivity index (χ0n) is 20.2. The number of hydrogen-bond acceptors (Lipinski definition) is 7. The molecule has 36 heavy (non-hydrogen) atoms. The minimum Gasteiger partial charge on any atom is -0.496 e. The number of methoxy groups -OCH3 is 2. The molecule has 3 aromatic rings. The van der Waals surface area contributed by atoms with Crippen LogP contribution >= 0.6 is 0 Å². The van der Waals surface area contributed by atoms with Gasteiger partial charge in [0.25, 0.3) is 11.8 Å². The zero-order chi connectivity index (χ0) is 26.4.